The van der Waals surface area contributed by atoms with Crippen LogP contribution in [0.1, 0.15) is 0 Å². The van der Waals surface area contributed by atoms with Gasteiger partial charge in [-0.3, -0.25) is 9.69 Å². The number of urea groups is 1. The van der Waals surface area contributed by atoms with Gasteiger partial charge in [-0.15, -0.1) is 0 Å². The highest BCUT2D eigenvalue weighted by Crippen LogP contribution is 2.11. The van der Waals surface area contributed by atoms with Gasteiger partial charge in [0.2, 0.25) is 5.91 Å². The second kappa shape index (κ2) is 5.71. The molecule has 0 saturated carbocycles. The highest BCUT2D eigenvalue weighted by atomic mass is 16.5. The van der Waals surface area contributed by atoms with Crippen LogP contribution in [0.2, 0.25) is 0 Å². The Morgan fingerprint density at radius 2 is 2.00 bits per heavy atom. The standard InChI is InChI=1S/C13H16N2O4/c1-14-8-12(17)15(13(14)18)7-10(16)9-19-11-5-3-2-4-6-11/h2-6,10,16H,7-9H2,1H3/t10-/m1/s1. The maximum atomic E-state index is 11.6. The number of β-amino-alcohol motifs (C(OH)–C–C–N with tert-alkyl or cyclic N) is 1. The fourth-order valence-corrected chi connectivity index (χ4v) is 1.82. The molecular formula is C13H16N2O4. The van der Waals surface area contributed by atoms with Crippen LogP contribution >= 0.6 is 0 Å². The summed E-state index contributed by atoms with van der Waals surface area (Å²) in [4.78, 5) is 25.5. The monoisotopic (exact) mass is 264 g/mol. The number of para-hydroxylation sites is 1. The number of hydrogen-bond donors (Lipinski definition) is 1. The average Bonchev–Trinajstić information content (AvgIpc) is 2.64. The molecule has 1 aromatic carbocycles. The van der Waals surface area contributed by atoms with Gasteiger partial charge in [0.25, 0.3) is 0 Å². The summed E-state index contributed by atoms with van der Waals surface area (Å²) in [6, 6.07) is 8.66. The van der Waals surface area contributed by atoms with Gasteiger partial charge in [0.15, 0.2) is 0 Å². The molecule has 6 nitrogen and oxygen atoms in total. The van der Waals surface area contributed by atoms with Crippen molar-refractivity contribution in [3.63, 3.8) is 0 Å². The molecule has 1 aliphatic rings. The minimum atomic E-state index is -0.903. The molecule has 1 heterocycles. The Balaban J connectivity index is 1.83. The molecule has 1 fully saturated rings. The summed E-state index contributed by atoms with van der Waals surface area (Å²) >= 11 is 0. The molecule has 0 bridgehead atoms. The molecule has 1 aliphatic heterocycles. The van der Waals surface area contributed by atoms with E-state index >= 15 is 0 Å². The molecule has 0 aliphatic carbocycles. The summed E-state index contributed by atoms with van der Waals surface area (Å²) in [7, 11) is 1.55. The Morgan fingerprint density at radius 1 is 1.32 bits per heavy atom. The van der Waals surface area contributed by atoms with E-state index in [2.05, 4.69) is 0 Å². The number of likely N-dealkylation sites (N-methyl/N-ethyl adjacent to an activating group) is 1. The first-order valence-corrected chi connectivity index (χ1v) is 5.99. The first-order valence-electron chi connectivity index (χ1n) is 5.99. The molecule has 0 radical (unpaired) electrons. The van der Waals surface area contributed by atoms with Gasteiger partial charge in [0, 0.05) is 7.05 Å². The summed E-state index contributed by atoms with van der Waals surface area (Å²) in [5.74, 6) is 0.337. The molecule has 1 N–H and O–H groups in total. The van der Waals surface area contributed by atoms with Crippen LogP contribution < -0.4 is 4.74 Å². The van der Waals surface area contributed by atoms with Crippen molar-refractivity contribution in [2.24, 2.45) is 0 Å². The zero-order valence-electron chi connectivity index (χ0n) is 10.7. The van der Waals surface area contributed by atoms with E-state index in [9.17, 15) is 14.7 Å². The molecule has 102 valence electrons. The minimum absolute atomic E-state index is 0.0325. The fraction of sp³-hybridized carbons (Fsp3) is 0.385. The third-order valence-corrected chi connectivity index (χ3v) is 2.81. The number of amides is 3. The van der Waals surface area contributed by atoms with Gasteiger partial charge in [-0.05, 0) is 12.1 Å². The predicted molar refractivity (Wildman–Crippen MR) is 67.7 cm³/mol. The average molecular weight is 264 g/mol. The third kappa shape index (κ3) is 3.23. The molecular weight excluding hydrogens is 248 g/mol. The highest BCUT2D eigenvalue weighted by molar-refractivity contribution is 6.01. The SMILES string of the molecule is CN1CC(=O)N(C[C@@H](O)COc2ccccc2)C1=O. The van der Waals surface area contributed by atoms with Gasteiger partial charge in [0.05, 0.1) is 6.54 Å². The molecule has 1 atom stereocenters. The lowest BCUT2D eigenvalue weighted by Gasteiger charge is -2.18. The summed E-state index contributed by atoms with van der Waals surface area (Å²) in [6.45, 7) is 0.0464. The van der Waals surface area contributed by atoms with Gasteiger partial charge < -0.3 is 14.7 Å². The van der Waals surface area contributed by atoms with Crippen molar-refractivity contribution in [3.8, 4) is 5.75 Å². The van der Waals surface area contributed by atoms with E-state index in [1.807, 2.05) is 18.2 Å². The summed E-state index contributed by atoms with van der Waals surface area (Å²) in [5.41, 5.74) is 0. The topological polar surface area (TPSA) is 70.1 Å². The van der Waals surface area contributed by atoms with Crippen LogP contribution in [0.4, 0.5) is 4.79 Å². The number of carbonyl (C=O) groups excluding carboxylic acids is 2. The van der Waals surface area contributed by atoms with E-state index in [0.29, 0.717) is 5.75 Å². The second-order valence-electron chi connectivity index (χ2n) is 4.42. The number of nitrogens with zero attached hydrogens (tertiary/aromatic N) is 2. The number of carbonyl (C=O) groups is 2. The molecule has 0 unspecified atom stereocenters. The largest absolute Gasteiger partial charge is 0.491 e. The van der Waals surface area contributed by atoms with Crippen LogP contribution in [0.3, 0.4) is 0 Å². The molecule has 6 heteroatoms. The zero-order chi connectivity index (χ0) is 13.8. The maximum absolute atomic E-state index is 11.6. The lowest BCUT2D eigenvalue weighted by Crippen LogP contribution is -2.40. The van der Waals surface area contributed by atoms with Crippen LogP contribution in [-0.2, 0) is 4.79 Å². The van der Waals surface area contributed by atoms with Gasteiger partial charge in [0.1, 0.15) is 25.0 Å². The minimum Gasteiger partial charge on any atom is -0.491 e. The summed E-state index contributed by atoms with van der Waals surface area (Å²) in [6.07, 6.45) is -0.903. The smallest absolute Gasteiger partial charge is 0.327 e. The van der Waals surface area contributed by atoms with Crippen molar-refractivity contribution in [2.45, 2.75) is 6.10 Å². The van der Waals surface area contributed by atoms with Crippen molar-refractivity contribution in [2.75, 3.05) is 26.7 Å². The van der Waals surface area contributed by atoms with E-state index in [4.69, 9.17) is 4.74 Å². The molecule has 2 rings (SSSR count). The molecule has 0 aromatic heterocycles. The summed E-state index contributed by atoms with van der Waals surface area (Å²) in [5, 5.41) is 9.80. The Hall–Kier alpha value is -2.08. The van der Waals surface area contributed by atoms with E-state index in [1.165, 1.54) is 4.90 Å². The summed E-state index contributed by atoms with van der Waals surface area (Å²) < 4.78 is 5.36. The van der Waals surface area contributed by atoms with Crippen LogP contribution in [0.25, 0.3) is 0 Å². The Kier molecular flexibility index (Phi) is 4.01. The van der Waals surface area contributed by atoms with Gasteiger partial charge in [-0.1, -0.05) is 18.2 Å². The van der Waals surface area contributed by atoms with E-state index in [-0.39, 0.29) is 31.6 Å². The number of ether oxygens (including phenoxy) is 1. The van der Waals surface area contributed by atoms with Crippen molar-refractivity contribution < 1.29 is 19.4 Å². The molecule has 3 amide bonds. The van der Waals surface area contributed by atoms with Crippen molar-refractivity contribution in [1.82, 2.24) is 9.80 Å². The van der Waals surface area contributed by atoms with Crippen molar-refractivity contribution in [1.29, 1.82) is 0 Å². The fourth-order valence-electron chi connectivity index (χ4n) is 1.82. The van der Waals surface area contributed by atoms with Crippen LogP contribution in [0.5, 0.6) is 5.75 Å². The number of rotatable bonds is 5. The second-order valence-corrected chi connectivity index (χ2v) is 4.42. The lowest BCUT2D eigenvalue weighted by atomic mass is 10.3. The lowest BCUT2D eigenvalue weighted by molar-refractivity contribution is -0.126. The highest BCUT2D eigenvalue weighted by Gasteiger charge is 2.34. The van der Waals surface area contributed by atoms with Gasteiger partial charge in [-0.2, -0.15) is 0 Å². The van der Waals surface area contributed by atoms with Crippen LogP contribution in [-0.4, -0.2) is 59.7 Å². The first kappa shape index (κ1) is 13.4. The van der Waals surface area contributed by atoms with Crippen LogP contribution in [0.15, 0.2) is 30.3 Å². The normalized spacial score (nSPS) is 16.9. The van der Waals surface area contributed by atoms with Crippen molar-refractivity contribution in [3.05, 3.63) is 30.3 Å². The third-order valence-electron chi connectivity index (χ3n) is 2.81. The first-order chi connectivity index (χ1) is 9.08. The molecule has 19 heavy (non-hydrogen) atoms. The number of aliphatic hydroxyl groups is 1. The van der Waals surface area contributed by atoms with Crippen LogP contribution in [0, 0.1) is 0 Å². The van der Waals surface area contributed by atoms with E-state index in [0.717, 1.165) is 4.90 Å². The van der Waals surface area contributed by atoms with E-state index < -0.39 is 6.10 Å². The Bertz CT molecular complexity index is 463. The quantitative estimate of drug-likeness (QED) is 0.778. The van der Waals surface area contributed by atoms with E-state index in [1.54, 1.807) is 19.2 Å². The Labute approximate surface area is 111 Å². The number of imide groups is 1. The zero-order valence-corrected chi connectivity index (χ0v) is 10.7. The van der Waals surface area contributed by atoms with Crippen molar-refractivity contribution >= 4 is 11.9 Å². The van der Waals surface area contributed by atoms with Gasteiger partial charge in [-0.25, -0.2) is 4.79 Å². The number of hydrogen-bond acceptors (Lipinski definition) is 4. The predicted octanol–water partition coefficient (Wildman–Crippen LogP) is 0.320. The number of benzene rings is 1. The molecule has 1 aromatic rings. The Morgan fingerprint density at radius 3 is 2.58 bits per heavy atom. The number of aliphatic hydroxyl groups excluding tert-OH is 1. The molecule has 0 spiro atoms. The maximum Gasteiger partial charge on any atom is 0.327 e. The molecule has 1 saturated heterocycles. The van der Waals surface area contributed by atoms with Gasteiger partial charge >= 0.3 is 6.03 Å².